The number of aromatic nitrogens is 4. The van der Waals surface area contributed by atoms with Crippen molar-refractivity contribution < 1.29 is 0 Å². The molecule has 244 valence electrons. The lowest BCUT2D eigenvalue weighted by atomic mass is 9.87. The molecule has 4 heterocycles. The molecule has 10 aromatic rings. The molecule has 0 spiro atoms. The highest BCUT2D eigenvalue weighted by Gasteiger charge is 2.20. The second-order valence-electron chi connectivity index (χ2n) is 12.7. The molecule has 6 aromatic carbocycles. The van der Waals surface area contributed by atoms with E-state index >= 15 is 0 Å². The lowest BCUT2D eigenvalue weighted by Gasteiger charge is -2.18. The molecule has 0 unspecified atom stereocenters. The quantitative estimate of drug-likeness (QED) is 0.162. The fourth-order valence-corrected chi connectivity index (χ4v) is 8.43. The maximum Gasteiger partial charge on any atom is 0.0995 e. The number of hydrogen-bond acceptors (Lipinski definition) is 6. The van der Waals surface area contributed by atoms with E-state index in [1.54, 1.807) is 22.7 Å². The van der Waals surface area contributed by atoms with Crippen molar-refractivity contribution in [2.24, 2.45) is 0 Å². The molecular weight excluding hydrogens is 673 g/mol. The van der Waals surface area contributed by atoms with E-state index in [4.69, 9.17) is 9.97 Å². The Balaban J connectivity index is 1.20. The molecule has 0 fully saturated rings. The molecule has 6 heteroatoms. The molecule has 0 atom stereocenters. The first kappa shape index (κ1) is 30.5. The van der Waals surface area contributed by atoms with Gasteiger partial charge in [0.15, 0.2) is 0 Å². The second kappa shape index (κ2) is 12.8. The monoisotopic (exact) mass is 700 g/mol. The van der Waals surface area contributed by atoms with Gasteiger partial charge in [0.2, 0.25) is 0 Å². The molecule has 0 saturated carbocycles. The maximum atomic E-state index is 5.23. The largest absolute Gasteiger partial charge is 0.246 e. The van der Waals surface area contributed by atoms with Gasteiger partial charge >= 0.3 is 0 Å². The Morgan fingerprint density at radius 2 is 0.846 bits per heavy atom. The van der Waals surface area contributed by atoms with E-state index in [2.05, 4.69) is 143 Å². The third kappa shape index (κ3) is 5.28. The van der Waals surface area contributed by atoms with Gasteiger partial charge < -0.3 is 0 Å². The average Bonchev–Trinajstić information content (AvgIpc) is 3.96. The zero-order valence-corrected chi connectivity index (χ0v) is 29.4. The topological polar surface area (TPSA) is 51.6 Å². The van der Waals surface area contributed by atoms with Gasteiger partial charge in [-0.05, 0) is 84.9 Å². The highest BCUT2D eigenvalue weighted by Crippen LogP contribution is 2.45. The average molecular weight is 701 g/mol. The molecule has 4 nitrogen and oxygen atoms in total. The Morgan fingerprint density at radius 1 is 0.346 bits per heavy atom. The number of fused-ring (bicyclic) bond motifs is 3. The fourth-order valence-electron chi connectivity index (χ4n) is 7.34. The molecule has 0 saturated heterocycles. The summed E-state index contributed by atoms with van der Waals surface area (Å²) >= 11 is 3.16. The van der Waals surface area contributed by atoms with Gasteiger partial charge in [0.05, 0.1) is 45.2 Å². The normalized spacial score (nSPS) is 11.5. The number of nitrogens with zero attached hydrogens (tertiary/aromatic N) is 4. The van der Waals surface area contributed by atoms with Crippen molar-refractivity contribution in [1.29, 1.82) is 0 Å². The van der Waals surface area contributed by atoms with Crippen LogP contribution in [0.3, 0.4) is 0 Å². The van der Waals surface area contributed by atoms with Crippen molar-refractivity contribution in [3.8, 4) is 67.5 Å². The number of benzene rings is 6. The molecule has 0 aliphatic carbocycles. The minimum atomic E-state index is 0.859. The summed E-state index contributed by atoms with van der Waals surface area (Å²) in [6.45, 7) is 0. The van der Waals surface area contributed by atoms with Gasteiger partial charge in [-0.2, -0.15) is 0 Å². The van der Waals surface area contributed by atoms with Crippen molar-refractivity contribution in [1.82, 2.24) is 19.9 Å². The Morgan fingerprint density at radius 3 is 1.48 bits per heavy atom. The predicted octanol–water partition coefficient (Wildman–Crippen LogP) is 12.9. The fraction of sp³-hybridized carbons (Fsp3) is 0. The third-order valence-corrected chi connectivity index (χ3v) is 10.9. The van der Waals surface area contributed by atoms with E-state index in [-0.39, 0.29) is 0 Å². The van der Waals surface area contributed by atoms with Crippen LogP contribution in [-0.4, -0.2) is 19.9 Å². The van der Waals surface area contributed by atoms with Gasteiger partial charge in [-0.25, -0.2) is 19.9 Å². The highest BCUT2D eigenvalue weighted by molar-refractivity contribution is 7.08. The summed E-state index contributed by atoms with van der Waals surface area (Å²) in [5.74, 6) is 0. The first-order chi connectivity index (χ1) is 25.8. The maximum absolute atomic E-state index is 5.23. The van der Waals surface area contributed by atoms with E-state index < -0.39 is 0 Å². The van der Waals surface area contributed by atoms with Gasteiger partial charge in [-0.1, -0.05) is 115 Å². The first-order valence-corrected chi connectivity index (χ1v) is 19.0. The van der Waals surface area contributed by atoms with Crippen LogP contribution >= 0.6 is 22.7 Å². The van der Waals surface area contributed by atoms with E-state index in [0.717, 1.165) is 78.0 Å². The molecule has 0 aliphatic rings. The summed E-state index contributed by atoms with van der Waals surface area (Å²) in [6, 6.07) is 51.9. The van der Waals surface area contributed by atoms with Crippen molar-refractivity contribution in [3.63, 3.8) is 0 Å². The van der Waals surface area contributed by atoms with Crippen LogP contribution in [0.15, 0.2) is 167 Å². The van der Waals surface area contributed by atoms with Crippen LogP contribution in [0.1, 0.15) is 0 Å². The van der Waals surface area contributed by atoms with Gasteiger partial charge in [0.25, 0.3) is 0 Å². The van der Waals surface area contributed by atoms with E-state index in [1.165, 1.54) is 21.9 Å². The van der Waals surface area contributed by atoms with Crippen LogP contribution in [0, 0.1) is 0 Å². The highest BCUT2D eigenvalue weighted by atomic mass is 32.1. The van der Waals surface area contributed by atoms with Crippen LogP contribution in [0.25, 0.3) is 99.9 Å². The van der Waals surface area contributed by atoms with E-state index in [9.17, 15) is 0 Å². The summed E-state index contributed by atoms with van der Waals surface area (Å²) < 4.78 is 0. The number of thiazole rings is 2. The Bertz CT molecular complexity index is 2890. The first-order valence-electron chi connectivity index (χ1n) is 17.1. The summed E-state index contributed by atoms with van der Waals surface area (Å²) in [5, 5.41) is 11.1. The van der Waals surface area contributed by atoms with Crippen molar-refractivity contribution in [2.75, 3.05) is 0 Å². The van der Waals surface area contributed by atoms with Crippen LogP contribution in [0.4, 0.5) is 0 Å². The minimum absolute atomic E-state index is 0.859. The Hall–Kier alpha value is -6.34. The molecule has 0 bridgehead atoms. The van der Waals surface area contributed by atoms with Crippen LogP contribution in [-0.2, 0) is 0 Å². The molecule has 0 N–H and O–H groups in total. The van der Waals surface area contributed by atoms with Crippen molar-refractivity contribution >= 4 is 55.0 Å². The lowest BCUT2D eigenvalue weighted by molar-refractivity contribution is 1.28. The van der Waals surface area contributed by atoms with E-state index in [1.807, 2.05) is 33.9 Å². The number of rotatable bonds is 6. The van der Waals surface area contributed by atoms with Gasteiger partial charge in [-0.3, -0.25) is 0 Å². The number of hydrogen-bond donors (Lipinski definition) is 0. The second-order valence-corrected chi connectivity index (χ2v) is 14.2. The molecule has 52 heavy (non-hydrogen) atoms. The van der Waals surface area contributed by atoms with Gasteiger partial charge in [0, 0.05) is 21.9 Å². The predicted molar refractivity (Wildman–Crippen MR) is 219 cm³/mol. The molecule has 0 radical (unpaired) electrons. The molecule has 10 rings (SSSR count). The molecule has 4 aromatic heterocycles. The van der Waals surface area contributed by atoms with Crippen LogP contribution in [0.2, 0.25) is 0 Å². The SMILES string of the molecule is c1cc(-c2cscn2)nc(-c2c3ccccc3c(-c3cccc(-c4cscn4)n3)c3cc(-c4ccc(-c5cccc6ccccc56)cc4)ccc23)c1. The summed E-state index contributed by atoms with van der Waals surface area (Å²) in [7, 11) is 0. The lowest BCUT2D eigenvalue weighted by Crippen LogP contribution is -1.96. The van der Waals surface area contributed by atoms with Crippen LogP contribution < -0.4 is 0 Å². The number of pyridine rings is 2. The third-order valence-electron chi connectivity index (χ3n) is 9.74. The summed E-state index contributed by atoms with van der Waals surface area (Å²) in [6.07, 6.45) is 0. The summed E-state index contributed by atoms with van der Waals surface area (Å²) in [4.78, 5) is 19.6. The summed E-state index contributed by atoms with van der Waals surface area (Å²) in [5.41, 5.74) is 15.9. The van der Waals surface area contributed by atoms with Crippen molar-refractivity contribution in [2.45, 2.75) is 0 Å². The van der Waals surface area contributed by atoms with Gasteiger partial charge in [-0.15, -0.1) is 22.7 Å². The smallest absolute Gasteiger partial charge is 0.0995 e. The zero-order chi connectivity index (χ0) is 34.4. The molecular formula is C46H28N4S2. The molecule has 0 amide bonds. The van der Waals surface area contributed by atoms with Gasteiger partial charge in [0.1, 0.15) is 0 Å². The van der Waals surface area contributed by atoms with Crippen LogP contribution in [0.5, 0.6) is 0 Å². The van der Waals surface area contributed by atoms with E-state index in [0.29, 0.717) is 0 Å². The molecule has 0 aliphatic heterocycles. The minimum Gasteiger partial charge on any atom is -0.246 e. The zero-order valence-electron chi connectivity index (χ0n) is 27.8. The van der Waals surface area contributed by atoms with Crippen molar-refractivity contribution in [3.05, 3.63) is 167 Å². The standard InChI is InChI=1S/C46H28N4S2/c1-2-10-33-30(8-1)9-5-13-34(33)31-20-18-29(19-21-31)32-22-23-37-38(24-32)46(42-17-7-15-40(50-42)44-26-52-28-48-44)36-12-4-3-11-35(36)45(37)41-16-6-14-39(49-41)43-25-51-27-47-43/h1-28H. The Kier molecular flexibility index (Phi) is 7.48. The Labute approximate surface area is 308 Å².